The molecule has 1 fully saturated rings. The summed E-state index contributed by atoms with van der Waals surface area (Å²) in [7, 11) is 1.26. The van der Waals surface area contributed by atoms with Crippen molar-refractivity contribution in [1.29, 1.82) is 0 Å². The fourth-order valence-electron chi connectivity index (χ4n) is 2.06. The van der Waals surface area contributed by atoms with Crippen LogP contribution < -0.4 is 10.2 Å². The summed E-state index contributed by atoms with van der Waals surface area (Å²) < 4.78 is 4.45. The van der Waals surface area contributed by atoms with Gasteiger partial charge in [0.1, 0.15) is 6.54 Å². The molecule has 6 nitrogen and oxygen atoms in total. The van der Waals surface area contributed by atoms with E-state index in [1.54, 1.807) is 29.2 Å². The lowest BCUT2D eigenvalue weighted by atomic mass is 10.1. The van der Waals surface area contributed by atoms with E-state index in [2.05, 4.69) is 10.1 Å². The number of carbonyl (C=O) groups excluding carboxylic acids is 3. The molecule has 1 aromatic carbocycles. The molecule has 0 aromatic heterocycles. The Labute approximate surface area is 116 Å². The Morgan fingerprint density at radius 3 is 2.85 bits per heavy atom. The number of nitrogens with zero attached hydrogens (tertiary/aromatic N) is 1. The highest BCUT2D eigenvalue weighted by molar-refractivity contribution is 5.99. The minimum atomic E-state index is -0.510. The van der Waals surface area contributed by atoms with Crippen molar-refractivity contribution >= 4 is 23.5 Å². The largest absolute Gasteiger partial charge is 0.468 e. The molecule has 6 heteroatoms. The van der Waals surface area contributed by atoms with E-state index in [1.165, 1.54) is 7.11 Å². The molecule has 0 atom stereocenters. The highest BCUT2D eigenvalue weighted by atomic mass is 16.5. The van der Waals surface area contributed by atoms with Crippen LogP contribution in [0.15, 0.2) is 24.3 Å². The van der Waals surface area contributed by atoms with Crippen molar-refractivity contribution in [3.05, 3.63) is 29.8 Å². The monoisotopic (exact) mass is 276 g/mol. The quantitative estimate of drug-likeness (QED) is 0.822. The third kappa shape index (κ3) is 3.14. The molecule has 0 aliphatic carbocycles. The van der Waals surface area contributed by atoms with Gasteiger partial charge in [-0.15, -0.1) is 0 Å². The molecule has 106 valence electrons. The first-order valence-corrected chi connectivity index (χ1v) is 6.37. The molecule has 1 aliphatic rings. The van der Waals surface area contributed by atoms with Gasteiger partial charge in [0, 0.05) is 24.2 Å². The fourth-order valence-corrected chi connectivity index (χ4v) is 2.06. The number of anilines is 1. The molecule has 0 spiro atoms. The van der Waals surface area contributed by atoms with E-state index < -0.39 is 5.97 Å². The number of methoxy groups -OCH3 is 1. The first-order chi connectivity index (χ1) is 9.61. The van der Waals surface area contributed by atoms with Gasteiger partial charge in [-0.2, -0.15) is 0 Å². The summed E-state index contributed by atoms with van der Waals surface area (Å²) >= 11 is 0. The topological polar surface area (TPSA) is 75.7 Å². The molecular formula is C14H16N2O4. The van der Waals surface area contributed by atoms with Gasteiger partial charge in [-0.05, 0) is 24.6 Å². The van der Waals surface area contributed by atoms with E-state index in [-0.39, 0.29) is 18.4 Å². The van der Waals surface area contributed by atoms with Crippen molar-refractivity contribution in [2.24, 2.45) is 0 Å². The molecule has 0 bridgehead atoms. The number of ether oxygens (including phenoxy) is 1. The van der Waals surface area contributed by atoms with E-state index >= 15 is 0 Å². The molecule has 1 saturated heterocycles. The second-order valence-electron chi connectivity index (χ2n) is 4.46. The van der Waals surface area contributed by atoms with Gasteiger partial charge in [0.15, 0.2) is 0 Å². The molecule has 0 radical (unpaired) electrons. The van der Waals surface area contributed by atoms with Crippen molar-refractivity contribution in [2.45, 2.75) is 12.8 Å². The summed E-state index contributed by atoms with van der Waals surface area (Å²) in [6.07, 6.45) is 1.37. The number of amides is 2. The molecule has 0 unspecified atom stereocenters. The van der Waals surface area contributed by atoms with Crippen molar-refractivity contribution in [3.63, 3.8) is 0 Å². The lowest BCUT2D eigenvalue weighted by molar-refractivity contribution is -0.139. The molecule has 1 heterocycles. The van der Waals surface area contributed by atoms with Gasteiger partial charge in [0.05, 0.1) is 7.11 Å². The average molecular weight is 276 g/mol. The Morgan fingerprint density at radius 2 is 2.20 bits per heavy atom. The number of carbonyl (C=O) groups is 3. The van der Waals surface area contributed by atoms with Crippen LogP contribution >= 0.6 is 0 Å². The first-order valence-electron chi connectivity index (χ1n) is 6.37. The van der Waals surface area contributed by atoms with Crippen LogP contribution in [0.4, 0.5) is 5.69 Å². The highest BCUT2D eigenvalue weighted by Crippen LogP contribution is 2.22. The summed E-state index contributed by atoms with van der Waals surface area (Å²) in [5.41, 5.74) is 1.12. The number of rotatable bonds is 4. The van der Waals surface area contributed by atoms with Gasteiger partial charge < -0.3 is 15.0 Å². The third-order valence-electron chi connectivity index (χ3n) is 3.11. The number of benzene rings is 1. The smallest absolute Gasteiger partial charge is 0.325 e. The summed E-state index contributed by atoms with van der Waals surface area (Å²) in [5.74, 6) is -0.815. The Hall–Kier alpha value is -2.37. The van der Waals surface area contributed by atoms with E-state index in [4.69, 9.17) is 0 Å². The predicted molar refractivity (Wildman–Crippen MR) is 72.4 cm³/mol. The zero-order chi connectivity index (χ0) is 14.5. The molecule has 1 aromatic rings. The Kier molecular flexibility index (Phi) is 4.34. The maximum Gasteiger partial charge on any atom is 0.325 e. The summed E-state index contributed by atoms with van der Waals surface area (Å²) in [6.45, 7) is 0.494. The summed E-state index contributed by atoms with van der Waals surface area (Å²) in [6, 6.07) is 6.79. The minimum absolute atomic E-state index is 0.0668. The van der Waals surface area contributed by atoms with Gasteiger partial charge in [-0.1, -0.05) is 6.07 Å². The summed E-state index contributed by atoms with van der Waals surface area (Å²) in [5, 5.41) is 2.46. The van der Waals surface area contributed by atoms with Crippen molar-refractivity contribution in [2.75, 3.05) is 25.1 Å². The van der Waals surface area contributed by atoms with Gasteiger partial charge in [0.2, 0.25) is 5.91 Å². The fraction of sp³-hybridized carbons (Fsp3) is 0.357. The second-order valence-corrected chi connectivity index (χ2v) is 4.46. The maximum absolute atomic E-state index is 11.9. The lowest BCUT2D eigenvalue weighted by Crippen LogP contribution is -2.30. The number of esters is 1. The number of hydrogen-bond acceptors (Lipinski definition) is 4. The third-order valence-corrected chi connectivity index (χ3v) is 3.11. The Bertz CT molecular complexity index is 542. The molecule has 1 aliphatic heterocycles. The van der Waals surface area contributed by atoms with Crippen LogP contribution in [0.2, 0.25) is 0 Å². The second kappa shape index (κ2) is 6.18. The maximum atomic E-state index is 11.9. The van der Waals surface area contributed by atoms with E-state index in [0.29, 0.717) is 24.2 Å². The van der Waals surface area contributed by atoms with E-state index in [1.807, 2.05) is 0 Å². The number of nitrogens with one attached hydrogen (secondary N) is 1. The van der Waals surface area contributed by atoms with Crippen LogP contribution in [0.25, 0.3) is 0 Å². The van der Waals surface area contributed by atoms with Crippen LogP contribution in [0.1, 0.15) is 23.2 Å². The van der Waals surface area contributed by atoms with Crippen LogP contribution in [0.3, 0.4) is 0 Å². The van der Waals surface area contributed by atoms with Gasteiger partial charge in [0.25, 0.3) is 5.91 Å². The zero-order valence-corrected chi connectivity index (χ0v) is 11.2. The Morgan fingerprint density at radius 1 is 1.40 bits per heavy atom. The average Bonchev–Trinajstić information content (AvgIpc) is 2.90. The van der Waals surface area contributed by atoms with E-state index in [9.17, 15) is 14.4 Å². The summed E-state index contributed by atoms with van der Waals surface area (Å²) in [4.78, 5) is 36.2. The van der Waals surface area contributed by atoms with Crippen LogP contribution in [0, 0.1) is 0 Å². The molecule has 1 N–H and O–H groups in total. The molecule has 2 amide bonds. The van der Waals surface area contributed by atoms with Crippen LogP contribution in [-0.4, -0.2) is 38.0 Å². The lowest BCUT2D eigenvalue weighted by Gasteiger charge is -2.16. The molecular weight excluding hydrogens is 260 g/mol. The van der Waals surface area contributed by atoms with Gasteiger partial charge in [-0.25, -0.2) is 0 Å². The van der Waals surface area contributed by atoms with Crippen molar-refractivity contribution in [3.8, 4) is 0 Å². The molecule has 20 heavy (non-hydrogen) atoms. The SMILES string of the molecule is COC(=O)CNC(=O)c1cccc(N2CCCC2=O)c1. The highest BCUT2D eigenvalue weighted by Gasteiger charge is 2.22. The van der Waals surface area contributed by atoms with Gasteiger partial charge in [-0.3, -0.25) is 14.4 Å². The van der Waals surface area contributed by atoms with E-state index in [0.717, 1.165) is 6.42 Å². The Balaban J connectivity index is 2.07. The molecule has 0 saturated carbocycles. The van der Waals surface area contributed by atoms with Crippen LogP contribution in [0.5, 0.6) is 0 Å². The standard InChI is InChI=1S/C14H16N2O4/c1-20-13(18)9-15-14(19)10-4-2-5-11(8-10)16-7-3-6-12(16)17/h2,4-5,8H,3,6-7,9H2,1H3,(H,15,19). The van der Waals surface area contributed by atoms with Crippen LogP contribution in [-0.2, 0) is 14.3 Å². The van der Waals surface area contributed by atoms with Crippen molar-refractivity contribution in [1.82, 2.24) is 5.32 Å². The predicted octanol–water partition coefficient (Wildman–Crippen LogP) is 0.716. The van der Waals surface area contributed by atoms with Crippen molar-refractivity contribution < 1.29 is 19.1 Å². The number of hydrogen-bond donors (Lipinski definition) is 1. The normalized spacial score (nSPS) is 14.2. The zero-order valence-electron chi connectivity index (χ0n) is 11.2. The van der Waals surface area contributed by atoms with Gasteiger partial charge >= 0.3 is 5.97 Å². The molecule has 2 rings (SSSR count). The minimum Gasteiger partial charge on any atom is -0.468 e. The first kappa shape index (κ1) is 14.0.